The average molecular weight is 392 g/mol. The number of halogens is 1. The summed E-state index contributed by atoms with van der Waals surface area (Å²) in [6.07, 6.45) is 2.22. The van der Waals surface area contributed by atoms with Crippen molar-refractivity contribution >= 4 is 27.7 Å². The minimum absolute atomic E-state index is 0.461. The van der Waals surface area contributed by atoms with Crippen LogP contribution in [0.2, 0.25) is 0 Å². The first-order chi connectivity index (χ1) is 11.2. The molecule has 3 heterocycles. The van der Waals surface area contributed by atoms with Gasteiger partial charge in [0.15, 0.2) is 0 Å². The average Bonchev–Trinajstić information content (AvgIpc) is 2.95. The molecule has 1 saturated heterocycles. The van der Waals surface area contributed by atoms with Gasteiger partial charge in [-0.2, -0.15) is 0 Å². The zero-order valence-electron chi connectivity index (χ0n) is 13.4. The summed E-state index contributed by atoms with van der Waals surface area (Å²) >= 11 is 5.57. The molecule has 0 amide bonds. The maximum Gasteiger partial charge on any atom is 0.0797 e. The second-order valence-electron chi connectivity index (χ2n) is 6.27. The van der Waals surface area contributed by atoms with Gasteiger partial charge in [-0.05, 0) is 42.4 Å². The Balaban J connectivity index is 1.69. The lowest BCUT2D eigenvalue weighted by Crippen LogP contribution is -2.48. The fourth-order valence-corrected chi connectivity index (χ4v) is 5.07. The highest BCUT2D eigenvalue weighted by Gasteiger charge is 2.29. The topological polar surface area (TPSA) is 11.4 Å². The van der Waals surface area contributed by atoms with Crippen LogP contribution in [0.3, 0.4) is 0 Å². The first kappa shape index (κ1) is 15.8. The van der Waals surface area contributed by atoms with Gasteiger partial charge in [0.05, 0.1) is 11.1 Å². The Hall–Kier alpha value is -0.750. The minimum Gasteiger partial charge on any atom is -0.341 e. The van der Waals surface area contributed by atoms with Gasteiger partial charge in [-0.25, -0.2) is 0 Å². The normalized spacial score (nSPS) is 22.4. The number of likely N-dealkylation sites (N-methyl/N-ethyl adjacent to an activating group) is 1. The van der Waals surface area contributed by atoms with Crippen LogP contribution in [0, 0.1) is 0 Å². The predicted octanol–water partition coefficient (Wildman–Crippen LogP) is 4.09. The van der Waals surface area contributed by atoms with E-state index in [4.69, 9.17) is 0 Å². The van der Waals surface area contributed by atoms with E-state index in [0.29, 0.717) is 6.04 Å². The Morgan fingerprint density at radius 1 is 1.17 bits per heavy atom. The quantitative estimate of drug-likeness (QED) is 0.763. The summed E-state index contributed by atoms with van der Waals surface area (Å²) in [5.41, 5.74) is 1.47. The van der Waals surface area contributed by atoms with Gasteiger partial charge in [-0.15, -0.1) is 0 Å². The monoisotopic (exact) mass is 391 g/mol. The molecule has 122 valence electrons. The van der Waals surface area contributed by atoms with E-state index in [1.54, 1.807) is 0 Å². The van der Waals surface area contributed by atoms with Gasteiger partial charge in [-0.3, -0.25) is 4.90 Å². The van der Waals surface area contributed by atoms with Crippen LogP contribution in [-0.2, 0) is 6.54 Å². The molecular weight excluding hydrogens is 370 g/mol. The van der Waals surface area contributed by atoms with Gasteiger partial charge < -0.3 is 9.47 Å². The van der Waals surface area contributed by atoms with E-state index in [-0.39, 0.29) is 0 Å². The number of piperazine rings is 1. The molecule has 0 N–H and O–H groups in total. The zero-order chi connectivity index (χ0) is 15.8. The van der Waals surface area contributed by atoms with Crippen molar-refractivity contribution in [2.24, 2.45) is 0 Å². The fourth-order valence-electron chi connectivity index (χ4n) is 3.62. The van der Waals surface area contributed by atoms with E-state index >= 15 is 0 Å². The molecule has 3 nitrogen and oxygen atoms in total. The van der Waals surface area contributed by atoms with Crippen LogP contribution in [0.4, 0.5) is 0 Å². The van der Waals surface area contributed by atoms with Crippen molar-refractivity contribution in [2.45, 2.75) is 29.4 Å². The Morgan fingerprint density at radius 3 is 2.78 bits per heavy atom. The third kappa shape index (κ3) is 3.12. The lowest BCUT2D eigenvalue weighted by molar-refractivity contribution is 0.0895. The van der Waals surface area contributed by atoms with Gasteiger partial charge in [0.25, 0.3) is 0 Å². The van der Waals surface area contributed by atoms with E-state index in [1.807, 2.05) is 11.8 Å². The number of hydrogen-bond donors (Lipinski definition) is 0. The molecule has 2 aliphatic rings. The third-order valence-electron chi connectivity index (χ3n) is 5.00. The van der Waals surface area contributed by atoms with Crippen molar-refractivity contribution in [1.29, 1.82) is 0 Å². The van der Waals surface area contributed by atoms with Gasteiger partial charge in [0.2, 0.25) is 0 Å². The lowest BCUT2D eigenvalue weighted by atomic mass is 10.0. The summed E-state index contributed by atoms with van der Waals surface area (Å²) in [6.45, 7) is 9.15. The molecule has 2 aromatic rings. The van der Waals surface area contributed by atoms with Crippen LogP contribution < -0.4 is 0 Å². The zero-order valence-corrected chi connectivity index (χ0v) is 15.8. The molecule has 0 spiro atoms. The Morgan fingerprint density at radius 2 is 2.00 bits per heavy atom. The highest BCUT2D eigenvalue weighted by Crippen LogP contribution is 2.41. The highest BCUT2D eigenvalue weighted by atomic mass is 79.9. The summed E-state index contributed by atoms with van der Waals surface area (Å²) in [4.78, 5) is 6.62. The summed E-state index contributed by atoms with van der Waals surface area (Å²) in [6, 6.07) is 11.6. The van der Waals surface area contributed by atoms with Crippen LogP contribution in [0.1, 0.15) is 18.5 Å². The van der Waals surface area contributed by atoms with E-state index < -0.39 is 0 Å². The number of fused-ring (bicyclic) bond motifs is 2. The molecule has 2 aliphatic heterocycles. The second kappa shape index (κ2) is 6.63. The van der Waals surface area contributed by atoms with Crippen LogP contribution in [0.15, 0.2) is 50.9 Å². The van der Waals surface area contributed by atoms with Crippen molar-refractivity contribution in [3.63, 3.8) is 0 Å². The molecule has 1 atom stereocenters. The maximum atomic E-state index is 3.67. The molecule has 0 aliphatic carbocycles. The van der Waals surface area contributed by atoms with Crippen molar-refractivity contribution in [3.8, 4) is 0 Å². The molecule has 1 fully saturated rings. The Kier molecular flexibility index (Phi) is 4.54. The Labute approximate surface area is 150 Å². The summed E-state index contributed by atoms with van der Waals surface area (Å²) in [7, 11) is 0. The number of rotatable bonds is 2. The number of hydrogen-bond acceptors (Lipinski definition) is 3. The first-order valence-electron chi connectivity index (χ1n) is 8.33. The van der Waals surface area contributed by atoms with Crippen molar-refractivity contribution < 1.29 is 0 Å². The number of benzene rings is 1. The summed E-state index contributed by atoms with van der Waals surface area (Å²) < 4.78 is 3.59. The molecule has 0 unspecified atom stereocenters. The van der Waals surface area contributed by atoms with E-state index in [9.17, 15) is 0 Å². The molecule has 5 heteroatoms. The predicted molar refractivity (Wildman–Crippen MR) is 99.1 cm³/mol. The molecule has 0 bridgehead atoms. The standard InChI is InChI=1S/C18H22BrN3S/c1-2-20-8-10-21(11-9-20)16-13-22-7-3-4-18(22)23-17-6-5-14(19)12-15(16)17/h3-7,12,16H,2,8-11,13H2,1H3/t16-/m1/s1. The third-order valence-corrected chi connectivity index (χ3v) is 6.66. The lowest BCUT2D eigenvalue weighted by Gasteiger charge is -2.39. The number of aromatic nitrogens is 1. The van der Waals surface area contributed by atoms with Gasteiger partial charge in [-0.1, -0.05) is 34.6 Å². The molecule has 4 rings (SSSR count). The summed E-state index contributed by atoms with van der Waals surface area (Å²) in [5.74, 6) is 0. The molecule has 1 aromatic carbocycles. The smallest absolute Gasteiger partial charge is 0.0797 e. The first-order valence-corrected chi connectivity index (χ1v) is 9.94. The van der Waals surface area contributed by atoms with Crippen LogP contribution in [-0.4, -0.2) is 47.1 Å². The molecule has 0 radical (unpaired) electrons. The SMILES string of the molecule is CCN1CCN([C@@H]2Cn3cccc3Sc3ccc(Br)cc32)CC1. The van der Waals surface area contributed by atoms with E-state index in [0.717, 1.165) is 26.2 Å². The minimum atomic E-state index is 0.461. The van der Waals surface area contributed by atoms with Gasteiger partial charge in [0, 0.05) is 48.3 Å². The largest absolute Gasteiger partial charge is 0.341 e. The highest BCUT2D eigenvalue weighted by molar-refractivity contribution is 9.10. The van der Waals surface area contributed by atoms with Gasteiger partial charge >= 0.3 is 0 Å². The molecule has 23 heavy (non-hydrogen) atoms. The second-order valence-corrected chi connectivity index (χ2v) is 8.25. The van der Waals surface area contributed by atoms with Crippen LogP contribution >= 0.6 is 27.7 Å². The van der Waals surface area contributed by atoms with Crippen molar-refractivity contribution in [2.75, 3.05) is 32.7 Å². The number of nitrogens with zero attached hydrogens (tertiary/aromatic N) is 3. The van der Waals surface area contributed by atoms with E-state index in [1.165, 1.54) is 33.0 Å². The van der Waals surface area contributed by atoms with Gasteiger partial charge in [0.1, 0.15) is 0 Å². The van der Waals surface area contributed by atoms with Crippen molar-refractivity contribution in [1.82, 2.24) is 14.4 Å². The fraction of sp³-hybridized carbons (Fsp3) is 0.444. The van der Waals surface area contributed by atoms with E-state index in [2.05, 4.69) is 73.7 Å². The molecule has 0 saturated carbocycles. The van der Waals surface area contributed by atoms with Crippen LogP contribution in [0.25, 0.3) is 0 Å². The summed E-state index contributed by atoms with van der Waals surface area (Å²) in [5, 5.41) is 1.35. The maximum absolute atomic E-state index is 3.67. The molecular formula is C18H22BrN3S. The van der Waals surface area contributed by atoms with Crippen LogP contribution in [0.5, 0.6) is 0 Å². The Bertz CT molecular complexity index is 691. The van der Waals surface area contributed by atoms with Crippen molar-refractivity contribution in [3.05, 3.63) is 46.6 Å². The molecule has 1 aromatic heterocycles.